The van der Waals surface area contributed by atoms with E-state index in [0.717, 1.165) is 55.8 Å². The van der Waals surface area contributed by atoms with Crippen molar-refractivity contribution in [2.75, 3.05) is 0 Å². The quantitative estimate of drug-likeness (QED) is 0.161. The van der Waals surface area contributed by atoms with E-state index in [0.29, 0.717) is 36.1 Å². The Morgan fingerprint density at radius 2 is 1.68 bits per heavy atom. The first kappa shape index (κ1) is 29.8. The number of carboxylic acids is 1. The van der Waals surface area contributed by atoms with Gasteiger partial charge in [0.05, 0.1) is 23.4 Å². The molecule has 0 aliphatic carbocycles. The van der Waals surface area contributed by atoms with Crippen LogP contribution in [0, 0.1) is 0 Å². The first-order valence-electron chi connectivity index (χ1n) is 15.5. The topological polar surface area (TPSA) is 134 Å². The second-order valence-corrected chi connectivity index (χ2v) is 11.6. The lowest BCUT2D eigenvalue weighted by molar-refractivity contribution is -0.143. The van der Waals surface area contributed by atoms with Gasteiger partial charge in [0.25, 0.3) is 0 Å². The number of fused-ring (bicyclic) bond motifs is 2. The summed E-state index contributed by atoms with van der Waals surface area (Å²) in [5, 5.41) is 28.4. The van der Waals surface area contributed by atoms with Crippen molar-refractivity contribution in [3.8, 4) is 28.4 Å². The Morgan fingerprint density at radius 1 is 0.936 bits per heavy atom. The van der Waals surface area contributed by atoms with E-state index in [1.54, 1.807) is 0 Å². The number of nitrogens with zero attached hydrogens (tertiary/aromatic N) is 4. The molecule has 0 fully saturated rings. The number of aliphatic carboxylic acids is 1. The van der Waals surface area contributed by atoms with E-state index >= 15 is 0 Å². The molecule has 0 unspecified atom stereocenters. The van der Waals surface area contributed by atoms with Crippen molar-refractivity contribution in [2.45, 2.75) is 45.5 Å². The number of amides is 1. The molecule has 3 N–H and O–H groups in total. The molecule has 0 saturated heterocycles. The fourth-order valence-corrected chi connectivity index (χ4v) is 6.31. The molecular formula is C37H33N5O5. The minimum atomic E-state index is -1.28. The van der Waals surface area contributed by atoms with Crippen LogP contribution in [0.3, 0.4) is 0 Å². The number of rotatable bonds is 9. The molecule has 47 heavy (non-hydrogen) atoms. The summed E-state index contributed by atoms with van der Waals surface area (Å²) in [5.41, 5.74) is 8.09. The van der Waals surface area contributed by atoms with Gasteiger partial charge < -0.3 is 19.5 Å². The van der Waals surface area contributed by atoms with Crippen molar-refractivity contribution in [1.29, 1.82) is 0 Å². The summed E-state index contributed by atoms with van der Waals surface area (Å²) in [5.74, 6) is 0.181. The third-order valence-corrected chi connectivity index (χ3v) is 8.74. The van der Waals surface area contributed by atoms with Gasteiger partial charge in [-0.05, 0) is 58.5 Å². The normalized spacial score (nSPS) is 14.2. The Kier molecular flexibility index (Phi) is 7.91. The predicted molar refractivity (Wildman–Crippen MR) is 177 cm³/mol. The van der Waals surface area contributed by atoms with Gasteiger partial charge in [0.1, 0.15) is 24.1 Å². The molecule has 1 aliphatic rings. The summed E-state index contributed by atoms with van der Waals surface area (Å²) in [4.78, 5) is 30.0. The molecule has 1 atom stereocenters. The van der Waals surface area contributed by atoms with E-state index in [4.69, 9.17) is 9.72 Å². The van der Waals surface area contributed by atoms with Gasteiger partial charge in [0.2, 0.25) is 0 Å². The van der Waals surface area contributed by atoms with E-state index in [9.17, 15) is 19.8 Å². The molecule has 3 heterocycles. The molecule has 6 aromatic rings. The number of benzene rings is 4. The molecule has 1 amide bonds. The second-order valence-electron chi connectivity index (χ2n) is 11.6. The van der Waals surface area contributed by atoms with Gasteiger partial charge >= 0.3 is 12.1 Å². The van der Waals surface area contributed by atoms with Crippen molar-refractivity contribution in [3.05, 3.63) is 125 Å². The van der Waals surface area contributed by atoms with Crippen LogP contribution in [0.5, 0.6) is 5.75 Å². The highest BCUT2D eigenvalue weighted by molar-refractivity contribution is 5.94. The highest BCUT2D eigenvalue weighted by Crippen LogP contribution is 2.35. The molecule has 10 heteroatoms. The maximum Gasteiger partial charge on any atom is 0.408 e. The molecule has 0 bridgehead atoms. The zero-order chi connectivity index (χ0) is 32.5. The fraction of sp³-hybridized carbons (Fsp3) is 0.189. The van der Waals surface area contributed by atoms with Crippen LogP contribution < -0.4 is 4.74 Å². The van der Waals surface area contributed by atoms with Crippen LogP contribution in [0.25, 0.3) is 33.5 Å². The highest BCUT2D eigenvalue weighted by Gasteiger charge is 2.38. The van der Waals surface area contributed by atoms with Crippen molar-refractivity contribution >= 4 is 23.0 Å². The highest BCUT2D eigenvalue weighted by atomic mass is 16.5. The minimum absolute atomic E-state index is 0.0247. The van der Waals surface area contributed by atoms with Gasteiger partial charge in [-0.2, -0.15) is 5.10 Å². The summed E-state index contributed by atoms with van der Waals surface area (Å²) in [6, 6.07) is 31.0. The van der Waals surface area contributed by atoms with Crippen LogP contribution in [-0.2, 0) is 37.3 Å². The molecule has 2 aromatic heterocycles. The smallest absolute Gasteiger partial charge is 0.408 e. The van der Waals surface area contributed by atoms with E-state index in [-0.39, 0.29) is 13.0 Å². The number of aromatic nitrogens is 4. The van der Waals surface area contributed by atoms with Crippen molar-refractivity contribution in [2.24, 2.45) is 0 Å². The number of H-pyrrole nitrogens is 1. The summed E-state index contributed by atoms with van der Waals surface area (Å²) in [7, 11) is 0. The number of carbonyl (C=O) groups is 2. The zero-order valence-electron chi connectivity index (χ0n) is 25.8. The Balaban J connectivity index is 1.25. The van der Waals surface area contributed by atoms with Gasteiger partial charge in [-0.1, -0.05) is 79.7 Å². The summed E-state index contributed by atoms with van der Waals surface area (Å²) in [6.07, 6.45) is -0.475. The van der Waals surface area contributed by atoms with Gasteiger partial charge in [-0.25, -0.2) is 14.6 Å². The Labute approximate surface area is 270 Å². The van der Waals surface area contributed by atoms with E-state index in [2.05, 4.69) is 41.4 Å². The second kappa shape index (κ2) is 12.5. The summed E-state index contributed by atoms with van der Waals surface area (Å²) >= 11 is 0. The van der Waals surface area contributed by atoms with E-state index in [1.165, 1.54) is 0 Å². The monoisotopic (exact) mass is 627 g/mol. The number of hydrogen-bond donors (Lipinski definition) is 3. The maximum atomic E-state index is 12.1. The number of nitrogens with one attached hydrogen (secondary N) is 1. The van der Waals surface area contributed by atoms with Crippen LogP contribution in [0.4, 0.5) is 4.79 Å². The Bertz CT molecular complexity index is 2090. The number of imidazole rings is 1. The van der Waals surface area contributed by atoms with Crippen molar-refractivity contribution in [1.82, 2.24) is 24.6 Å². The lowest BCUT2D eigenvalue weighted by Gasteiger charge is -2.30. The standard InChI is InChI=1S/C37H33N5O5/c1-2-25-17-27(47-22-24-11-7-4-8-12-24)14-16-28(25)26-13-15-29-30(18-26)39-40-34(29)35-38-31-19-32(36(43)44)42(37(45)46)21-33(31)41(35)20-23-9-5-3-6-10-23/h3-18,32H,2,19-22H2,1H3,(H,39,40)(H,43,44)(H,45,46)/t32-/m0/s1. The average molecular weight is 628 g/mol. The largest absolute Gasteiger partial charge is 0.489 e. The molecule has 10 nitrogen and oxygen atoms in total. The third kappa shape index (κ3) is 5.81. The Morgan fingerprint density at radius 3 is 2.38 bits per heavy atom. The van der Waals surface area contributed by atoms with Gasteiger partial charge in [-0.15, -0.1) is 0 Å². The van der Waals surface area contributed by atoms with Crippen molar-refractivity contribution in [3.63, 3.8) is 0 Å². The Hall–Kier alpha value is -5.90. The van der Waals surface area contributed by atoms with Crippen molar-refractivity contribution < 1.29 is 24.5 Å². The maximum absolute atomic E-state index is 12.1. The fourth-order valence-electron chi connectivity index (χ4n) is 6.31. The molecule has 236 valence electrons. The first-order chi connectivity index (χ1) is 22.9. The van der Waals surface area contributed by atoms with Crippen LogP contribution >= 0.6 is 0 Å². The number of carboxylic acid groups (broad SMARTS) is 2. The number of aromatic amines is 1. The average Bonchev–Trinajstić information content (AvgIpc) is 3.67. The molecule has 7 rings (SSSR count). The van der Waals surface area contributed by atoms with Gasteiger partial charge in [-0.3, -0.25) is 10.00 Å². The van der Waals surface area contributed by atoms with Crippen LogP contribution in [0.15, 0.2) is 97.1 Å². The van der Waals surface area contributed by atoms with Crippen LogP contribution in [0.2, 0.25) is 0 Å². The molecular weight excluding hydrogens is 594 g/mol. The molecule has 4 aromatic carbocycles. The number of aryl methyl sites for hydroxylation is 1. The lowest BCUT2D eigenvalue weighted by Crippen LogP contribution is -2.48. The minimum Gasteiger partial charge on any atom is -0.489 e. The third-order valence-electron chi connectivity index (χ3n) is 8.74. The number of ether oxygens (including phenoxy) is 1. The molecule has 0 spiro atoms. The lowest BCUT2D eigenvalue weighted by atomic mass is 9.96. The molecule has 0 radical (unpaired) electrons. The SMILES string of the molecule is CCc1cc(OCc2ccccc2)ccc1-c1ccc2c(-c3nc4c(n3Cc3ccccc3)CN(C(=O)O)[C@H](C(=O)O)C4)n[nH]c2c1. The van der Waals surface area contributed by atoms with Gasteiger partial charge in [0.15, 0.2) is 5.82 Å². The van der Waals surface area contributed by atoms with Gasteiger partial charge in [0, 0.05) is 18.4 Å². The van der Waals surface area contributed by atoms with E-state index < -0.39 is 18.1 Å². The molecule has 0 saturated carbocycles. The van der Waals surface area contributed by atoms with Crippen LogP contribution in [0.1, 0.15) is 35.0 Å². The van der Waals surface area contributed by atoms with Crippen LogP contribution in [-0.4, -0.2) is 53.0 Å². The van der Waals surface area contributed by atoms with E-state index in [1.807, 2.05) is 77.4 Å². The first-order valence-corrected chi connectivity index (χ1v) is 15.5. The molecule has 1 aliphatic heterocycles. The number of hydrogen-bond acceptors (Lipinski definition) is 5. The predicted octanol–water partition coefficient (Wildman–Crippen LogP) is 6.77. The summed E-state index contributed by atoms with van der Waals surface area (Å²) in [6.45, 7) is 2.97. The summed E-state index contributed by atoms with van der Waals surface area (Å²) < 4.78 is 8.05. The zero-order valence-corrected chi connectivity index (χ0v) is 25.8.